The van der Waals surface area contributed by atoms with Gasteiger partial charge in [-0.2, -0.15) is 0 Å². The molecule has 3 nitrogen and oxygen atoms in total. The van der Waals surface area contributed by atoms with E-state index in [2.05, 4.69) is 9.73 Å². The highest BCUT2D eigenvalue weighted by atomic mass is 35.5. The molecule has 0 saturated carbocycles. The van der Waals surface area contributed by atoms with Gasteiger partial charge in [0.15, 0.2) is 17.5 Å². The fraction of sp³-hybridized carbons (Fsp3) is 0. The largest absolute Gasteiger partial charge is 0.452 e. The van der Waals surface area contributed by atoms with Crippen LogP contribution in [0.5, 0.6) is 0 Å². The third-order valence-corrected chi connectivity index (χ3v) is 2.44. The number of nitrogens with one attached hydrogen (secondary N) is 1. The second kappa shape index (κ2) is 4.73. The van der Waals surface area contributed by atoms with E-state index in [-0.39, 0.29) is 10.8 Å². The van der Waals surface area contributed by atoms with Gasteiger partial charge in [0.25, 0.3) is 5.91 Å². The minimum Gasteiger partial charge on any atom is -0.452 e. The van der Waals surface area contributed by atoms with Crippen LogP contribution in [0, 0.1) is 17.5 Å². The third kappa shape index (κ3) is 2.19. The average Bonchev–Trinajstić information content (AvgIpc) is 2.76. The molecule has 18 heavy (non-hydrogen) atoms. The minimum atomic E-state index is -1.66. The van der Waals surface area contributed by atoms with Crippen molar-refractivity contribution in [1.82, 2.24) is 0 Å². The first-order valence-corrected chi connectivity index (χ1v) is 5.06. The van der Waals surface area contributed by atoms with Crippen molar-refractivity contribution in [2.75, 3.05) is 5.32 Å². The fourth-order valence-corrected chi connectivity index (χ4v) is 1.47. The van der Waals surface area contributed by atoms with Gasteiger partial charge in [-0.3, -0.25) is 4.79 Å². The van der Waals surface area contributed by atoms with Crippen LogP contribution in [0.15, 0.2) is 28.9 Å². The Morgan fingerprint density at radius 2 is 1.89 bits per heavy atom. The van der Waals surface area contributed by atoms with E-state index in [0.29, 0.717) is 6.07 Å². The molecule has 94 valence electrons. The smallest absolute Gasteiger partial charge is 0.260 e. The number of hydrogen-bond donors (Lipinski definition) is 1. The van der Waals surface area contributed by atoms with Crippen molar-refractivity contribution in [3.63, 3.8) is 0 Å². The van der Waals surface area contributed by atoms with Crippen LogP contribution < -0.4 is 5.32 Å². The first-order chi connectivity index (χ1) is 8.50. The Morgan fingerprint density at radius 3 is 2.50 bits per heavy atom. The molecule has 1 N–H and O–H groups in total. The molecule has 0 bridgehead atoms. The Balaban J connectivity index is 2.28. The summed E-state index contributed by atoms with van der Waals surface area (Å²) in [4.78, 5) is 11.6. The second-order valence-corrected chi connectivity index (χ2v) is 3.63. The predicted octanol–water partition coefficient (Wildman–Crippen LogP) is 3.60. The molecular weight excluding hydrogens is 271 g/mol. The summed E-state index contributed by atoms with van der Waals surface area (Å²) in [6.07, 6.45) is 1.17. The molecule has 0 atom stereocenters. The lowest BCUT2D eigenvalue weighted by Gasteiger charge is -2.06. The van der Waals surface area contributed by atoms with Crippen LogP contribution in [0.3, 0.4) is 0 Å². The minimum absolute atomic E-state index is 0.0409. The number of carbonyl (C=O) groups excluding carboxylic acids is 1. The summed E-state index contributed by atoms with van der Waals surface area (Å²) in [5, 5.41) is 1.87. The molecule has 2 aromatic rings. The molecule has 0 aliphatic heterocycles. The van der Waals surface area contributed by atoms with Gasteiger partial charge in [-0.15, -0.1) is 0 Å². The van der Waals surface area contributed by atoms with Gasteiger partial charge in [0.05, 0.1) is 17.5 Å². The summed E-state index contributed by atoms with van der Waals surface area (Å²) in [6, 6.07) is 2.86. The highest BCUT2D eigenvalue weighted by Gasteiger charge is 2.18. The molecule has 2 rings (SSSR count). The summed E-state index contributed by atoms with van der Waals surface area (Å²) in [6.45, 7) is 0. The molecule has 1 aromatic carbocycles. The molecular formula is C11H5ClF3NO2. The topological polar surface area (TPSA) is 42.2 Å². The van der Waals surface area contributed by atoms with Crippen LogP contribution in [-0.4, -0.2) is 5.91 Å². The number of anilines is 1. The van der Waals surface area contributed by atoms with Crippen molar-refractivity contribution in [3.05, 3.63) is 52.7 Å². The summed E-state index contributed by atoms with van der Waals surface area (Å²) < 4.78 is 43.5. The molecule has 1 aromatic heterocycles. The first kappa shape index (κ1) is 12.5. The zero-order valence-electron chi connectivity index (χ0n) is 8.64. The summed E-state index contributed by atoms with van der Waals surface area (Å²) >= 11 is 5.54. The van der Waals surface area contributed by atoms with E-state index in [4.69, 9.17) is 11.6 Å². The zero-order valence-corrected chi connectivity index (χ0v) is 9.39. The lowest BCUT2D eigenvalue weighted by Crippen LogP contribution is -2.13. The first-order valence-electron chi connectivity index (χ1n) is 4.68. The van der Waals surface area contributed by atoms with Crippen molar-refractivity contribution in [3.8, 4) is 0 Å². The summed E-state index contributed by atoms with van der Waals surface area (Å²) in [7, 11) is 0. The maximum absolute atomic E-state index is 13.3. The van der Waals surface area contributed by atoms with Crippen molar-refractivity contribution in [2.24, 2.45) is 0 Å². The van der Waals surface area contributed by atoms with Gasteiger partial charge >= 0.3 is 0 Å². The number of amides is 1. The Kier molecular flexibility index (Phi) is 3.29. The lowest BCUT2D eigenvalue weighted by atomic mass is 10.2. The number of benzene rings is 1. The maximum Gasteiger partial charge on any atom is 0.260 e. The Bertz CT molecular complexity index is 612. The number of rotatable bonds is 2. The molecule has 0 spiro atoms. The van der Waals surface area contributed by atoms with E-state index in [0.717, 1.165) is 6.07 Å². The van der Waals surface area contributed by atoms with Crippen LogP contribution >= 0.6 is 11.6 Å². The lowest BCUT2D eigenvalue weighted by molar-refractivity contribution is 0.102. The highest BCUT2D eigenvalue weighted by molar-refractivity contribution is 6.32. The number of halogens is 4. The van der Waals surface area contributed by atoms with Crippen LogP contribution in [0.1, 0.15) is 10.4 Å². The van der Waals surface area contributed by atoms with E-state index >= 15 is 0 Å². The monoisotopic (exact) mass is 275 g/mol. The molecule has 0 aliphatic carbocycles. The molecule has 1 amide bonds. The highest BCUT2D eigenvalue weighted by Crippen LogP contribution is 2.22. The third-order valence-electron chi connectivity index (χ3n) is 2.15. The Hall–Kier alpha value is -1.95. The Labute approximate surface area is 104 Å². The Morgan fingerprint density at radius 1 is 1.17 bits per heavy atom. The van der Waals surface area contributed by atoms with Crippen LogP contribution in [0.4, 0.5) is 18.9 Å². The standard InChI is InChI=1S/C11H5ClF3NO2/c12-10-5(3-4-18-10)11(17)16-7-2-1-6(13)8(14)9(7)15/h1-4H,(H,16,17). The van der Waals surface area contributed by atoms with Crippen LogP contribution in [0.25, 0.3) is 0 Å². The quantitative estimate of drug-likeness (QED) is 0.851. The molecule has 0 unspecified atom stereocenters. The normalized spacial score (nSPS) is 10.4. The molecule has 0 fully saturated rings. The zero-order chi connectivity index (χ0) is 13.3. The van der Waals surface area contributed by atoms with Gasteiger partial charge in [-0.05, 0) is 29.8 Å². The second-order valence-electron chi connectivity index (χ2n) is 3.29. The van der Waals surface area contributed by atoms with Crippen molar-refractivity contribution in [2.45, 2.75) is 0 Å². The number of furan rings is 1. The van der Waals surface area contributed by atoms with E-state index in [1.807, 2.05) is 0 Å². The van der Waals surface area contributed by atoms with Gasteiger partial charge in [0.2, 0.25) is 5.22 Å². The van der Waals surface area contributed by atoms with E-state index in [1.165, 1.54) is 12.3 Å². The number of hydrogen-bond acceptors (Lipinski definition) is 2. The molecule has 0 radical (unpaired) electrons. The van der Waals surface area contributed by atoms with Crippen molar-refractivity contribution < 1.29 is 22.4 Å². The van der Waals surface area contributed by atoms with Gasteiger partial charge in [0.1, 0.15) is 0 Å². The predicted molar refractivity (Wildman–Crippen MR) is 58.0 cm³/mol. The van der Waals surface area contributed by atoms with E-state index in [1.54, 1.807) is 0 Å². The van der Waals surface area contributed by atoms with Crippen LogP contribution in [0.2, 0.25) is 5.22 Å². The van der Waals surface area contributed by atoms with Gasteiger partial charge in [-0.25, -0.2) is 13.2 Å². The van der Waals surface area contributed by atoms with Crippen molar-refractivity contribution in [1.29, 1.82) is 0 Å². The van der Waals surface area contributed by atoms with Gasteiger partial charge in [-0.1, -0.05) is 0 Å². The van der Waals surface area contributed by atoms with Crippen LogP contribution in [-0.2, 0) is 0 Å². The van der Waals surface area contributed by atoms with E-state index in [9.17, 15) is 18.0 Å². The molecule has 1 heterocycles. The molecule has 7 heteroatoms. The maximum atomic E-state index is 13.3. The SMILES string of the molecule is O=C(Nc1ccc(F)c(F)c1F)c1ccoc1Cl. The van der Waals surface area contributed by atoms with Gasteiger partial charge < -0.3 is 9.73 Å². The summed E-state index contributed by atoms with van der Waals surface area (Å²) in [5.74, 6) is -5.28. The van der Waals surface area contributed by atoms with Gasteiger partial charge in [0, 0.05) is 0 Å². The average molecular weight is 276 g/mol. The molecule has 0 aliphatic rings. The number of carbonyl (C=O) groups is 1. The summed E-state index contributed by atoms with van der Waals surface area (Å²) in [5.41, 5.74) is -0.531. The fourth-order valence-electron chi connectivity index (χ4n) is 1.27. The van der Waals surface area contributed by atoms with Crippen molar-refractivity contribution >= 4 is 23.2 Å². The molecule has 0 saturated heterocycles. The van der Waals surface area contributed by atoms with E-state index < -0.39 is 29.0 Å².